The fraction of sp³-hybridized carbons (Fsp3) is 0.929. The summed E-state index contributed by atoms with van der Waals surface area (Å²) < 4.78 is 0. The smallest absolute Gasteiger partial charge is 0.109 e. The number of hydrogen-bond donors (Lipinski definition) is 0. The van der Waals surface area contributed by atoms with Gasteiger partial charge in [0, 0.05) is 25.6 Å². The van der Waals surface area contributed by atoms with Crippen molar-refractivity contribution in [1.82, 2.24) is 4.90 Å². The van der Waals surface area contributed by atoms with Crippen LogP contribution in [-0.2, 0) is 0 Å². The van der Waals surface area contributed by atoms with Crippen molar-refractivity contribution in [2.45, 2.75) is 57.8 Å². The average molecular weight is 234 g/mol. The Morgan fingerprint density at radius 1 is 1.41 bits per heavy atom. The van der Waals surface area contributed by atoms with E-state index >= 15 is 0 Å². The molecular weight excluding hydrogens is 207 g/mol. The standard InChI is InChI=1S/C14H27BN2/c1-10(2)17-8-6-11-9-14(3,15)7-5-12(11)13(17)16-4/h10-12H,5-9,15H2,1-4H3/b16-13-. The summed E-state index contributed by atoms with van der Waals surface area (Å²) in [4.78, 5) is 7.15. The second kappa shape index (κ2) is 4.66. The molecular formula is C14H27BN2. The number of hydrogen-bond acceptors (Lipinski definition) is 1. The van der Waals surface area contributed by atoms with Gasteiger partial charge in [-0.2, -0.15) is 0 Å². The van der Waals surface area contributed by atoms with Crippen molar-refractivity contribution in [1.29, 1.82) is 0 Å². The van der Waals surface area contributed by atoms with Crippen LogP contribution in [-0.4, -0.2) is 38.2 Å². The van der Waals surface area contributed by atoms with Crippen molar-refractivity contribution in [3.63, 3.8) is 0 Å². The number of fused-ring (bicyclic) bond motifs is 1. The number of amidine groups is 1. The Hall–Kier alpha value is -0.465. The van der Waals surface area contributed by atoms with Crippen LogP contribution in [0.25, 0.3) is 0 Å². The lowest BCUT2D eigenvalue weighted by atomic mass is 9.55. The largest absolute Gasteiger partial charge is 0.358 e. The van der Waals surface area contributed by atoms with Gasteiger partial charge in [-0.15, -0.1) is 0 Å². The SMILES string of the molecule is BC1(C)CCC2/C(=N/C)N(C(C)C)CCC2C1. The van der Waals surface area contributed by atoms with Crippen LogP contribution in [0.1, 0.15) is 46.5 Å². The van der Waals surface area contributed by atoms with Crippen LogP contribution in [0.5, 0.6) is 0 Å². The summed E-state index contributed by atoms with van der Waals surface area (Å²) in [6, 6.07) is 0.601. The summed E-state index contributed by atoms with van der Waals surface area (Å²) in [6.45, 7) is 8.22. The zero-order valence-electron chi connectivity index (χ0n) is 12.2. The molecule has 96 valence electrons. The molecule has 3 unspecified atom stereocenters. The molecule has 3 atom stereocenters. The van der Waals surface area contributed by atoms with Crippen LogP contribution < -0.4 is 0 Å². The Morgan fingerprint density at radius 3 is 2.71 bits per heavy atom. The van der Waals surface area contributed by atoms with E-state index in [-0.39, 0.29) is 0 Å². The topological polar surface area (TPSA) is 15.6 Å². The number of piperidine rings is 1. The minimum absolute atomic E-state index is 0.556. The van der Waals surface area contributed by atoms with Crippen LogP contribution in [0, 0.1) is 11.8 Å². The number of nitrogens with zero attached hydrogens (tertiary/aromatic N) is 2. The van der Waals surface area contributed by atoms with Gasteiger partial charge in [0.1, 0.15) is 13.7 Å². The van der Waals surface area contributed by atoms with E-state index in [2.05, 4.69) is 38.5 Å². The first-order valence-corrected chi connectivity index (χ1v) is 7.18. The van der Waals surface area contributed by atoms with Crippen molar-refractivity contribution in [3.8, 4) is 0 Å². The van der Waals surface area contributed by atoms with Crippen molar-refractivity contribution in [2.24, 2.45) is 16.8 Å². The molecule has 2 rings (SSSR count). The van der Waals surface area contributed by atoms with E-state index in [1.165, 1.54) is 38.1 Å². The van der Waals surface area contributed by atoms with Gasteiger partial charge in [0.15, 0.2) is 0 Å². The first-order chi connectivity index (χ1) is 7.94. The van der Waals surface area contributed by atoms with E-state index in [0.29, 0.717) is 11.4 Å². The Labute approximate surface area is 107 Å². The lowest BCUT2D eigenvalue weighted by Crippen LogP contribution is -2.50. The molecule has 0 spiro atoms. The summed E-state index contributed by atoms with van der Waals surface area (Å²) in [5.74, 6) is 3.02. The number of aliphatic imine (C=N–C) groups is 1. The number of rotatable bonds is 1. The van der Waals surface area contributed by atoms with Crippen LogP contribution in [0.3, 0.4) is 0 Å². The molecule has 1 aliphatic carbocycles. The fourth-order valence-electron chi connectivity index (χ4n) is 3.83. The molecule has 1 saturated carbocycles. The Balaban J connectivity index is 2.16. The molecule has 0 aromatic heterocycles. The zero-order chi connectivity index (χ0) is 12.6. The molecule has 3 heteroatoms. The quantitative estimate of drug-likeness (QED) is 0.636. The Kier molecular flexibility index (Phi) is 3.56. The van der Waals surface area contributed by atoms with Gasteiger partial charge in [0.25, 0.3) is 0 Å². The van der Waals surface area contributed by atoms with E-state index in [1.54, 1.807) is 0 Å². The van der Waals surface area contributed by atoms with Gasteiger partial charge in [-0.1, -0.05) is 25.1 Å². The molecule has 2 fully saturated rings. The van der Waals surface area contributed by atoms with Gasteiger partial charge in [-0.3, -0.25) is 4.99 Å². The maximum atomic E-state index is 4.62. The maximum absolute atomic E-state index is 4.62. The highest BCUT2D eigenvalue weighted by atomic mass is 15.2. The lowest BCUT2D eigenvalue weighted by Gasteiger charge is -2.49. The van der Waals surface area contributed by atoms with Crippen molar-refractivity contribution >= 4 is 13.7 Å². The van der Waals surface area contributed by atoms with Crippen LogP contribution in [0.4, 0.5) is 0 Å². The molecule has 2 nitrogen and oxygen atoms in total. The van der Waals surface area contributed by atoms with Crippen LogP contribution in [0.2, 0.25) is 5.31 Å². The van der Waals surface area contributed by atoms with Gasteiger partial charge in [-0.25, -0.2) is 0 Å². The van der Waals surface area contributed by atoms with Gasteiger partial charge in [-0.05, 0) is 32.6 Å². The predicted octanol–water partition coefficient (Wildman–Crippen LogP) is 2.36. The summed E-state index contributed by atoms with van der Waals surface area (Å²) in [6.07, 6.45) is 5.46. The van der Waals surface area contributed by atoms with Crippen molar-refractivity contribution < 1.29 is 0 Å². The molecule has 17 heavy (non-hydrogen) atoms. The average Bonchev–Trinajstić information content (AvgIpc) is 2.25. The van der Waals surface area contributed by atoms with E-state index in [9.17, 15) is 0 Å². The van der Waals surface area contributed by atoms with E-state index < -0.39 is 0 Å². The highest BCUT2D eigenvalue weighted by molar-refractivity contribution is 6.15. The molecule has 1 heterocycles. The third-order valence-electron chi connectivity index (χ3n) is 4.74. The lowest BCUT2D eigenvalue weighted by molar-refractivity contribution is 0.162. The highest BCUT2D eigenvalue weighted by Crippen LogP contribution is 2.48. The second-order valence-corrected chi connectivity index (χ2v) is 6.93. The molecule has 1 saturated heterocycles. The molecule has 0 N–H and O–H groups in total. The Morgan fingerprint density at radius 2 is 2.12 bits per heavy atom. The maximum Gasteiger partial charge on any atom is 0.109 e. The highest BCUT2D eigenvalue weighted by Gasteiger charge is 2.41. The molecule has 0 radical (unpaired) electrons. The fourth-order valence-corrected chi connectivity index (χ4v) is 3.83. The summed E-state index contributed by atoms with van der Waals surface area (Å²) in [5, 5.41) is 0.556. The van der Waals surface area contributed by atoms with Gasteiger partial charge < -0.3 is 4.90 Å². The molecule has 0 amide bonds. The molecule has 0 aromatic carbocycles. The first kappa shape index (κ1) is 13.0. The Bertz CT molecular complexity index is 309. The monoisotopic (exact) mass is 234 g/mol. The van der Waals surface area contributed by atoms with E-state index in [1.807, 2.05) is 7.05 Å². The van der Waals surface area contributed by atoms with Crippen LogP contribution in [0.15, 0.2) is 4.99 Å². The molecule has 0 aromatic rings. The second-order valence-electron chi connectivity index (χ2n) is 6.93. The van der Waals surface area contributed by atoms with Crippen molar-refractivity contribution in [2.75, 3.05) is 13.6 Å². The molecule has 0 bridgehead atoms. The normalized spacial score (nSPS) is 40.8. The van der Waals surface area contributed by atoms with Gasteiger partial charge in [0.2, 0.25) is 0 Å². The van der Waals surface area contributed by atoms with Gasteiger partial charge >= 0.3 is 0 Å². The minimum Gasteiger partial charge on any atom is -0.358 e. The van der Waals surface area contributed by atoms with Crippen LogP contribution >= 0.6 is 0 Å². The number of likely N-dealkylation sites (tertiary alicyclic amines) is 1. The predicted molar refractivity (Wildman–Crippen MR) is 77.6 cm³/mol. The third-order valence-corrected chi connectivity index (χ3v) is 4.74. The summed E-state index contributed by atoms with van der Waals surface area (Å²) in [5.41, 5.74) is 0. The minimum atomic E-state index is 0.556. The molecule has 2 aliphatic rings. The zero-order valence-corrected chi connectivity index (χ0v) is 12.2. The first-order valence-electron chi connectivity index (χ1n) is 7.18. The van der Waals surface area contributed by atoms with E-state index in [0.717, 1.165) is 11.8 Å². The summed E-state index contributed by atoms with van der Waals surface area (Å²) in [7, 11) is 4.41. The molecule has 1 aliphatic heterocycles. The van der Waals surface area contributed by atoms with Gasteiger partial charge in [0.05, 0.1) is 0 Å². The van der Waals surface area contributed by atoms with E-state index in [4.69, 9.17) is 0 Å². The van der Waals surface area contributed by atoms with Crippen molar-refractivity contribution in [3.05, 3.63) is 0 Å². The summed E-state index contributed by atoms with van der Waals surface area (Å²) >= 11 is 0. The third kappa shape index (κ3) is 2.53.